The number of aryl methyl sites for hydroxylation is 1. The Kier molecular flexibility index (Phi) is 3.18. The van der Waals surface area contributed by atoms with Crippen molar-refractivity contribution in [3.63, 3.8) is 0 Å². The van der Waals surface area contributed by atoms with E-state index in [4.69, 9.17) is 5.11 Å². The van der Waals surface area contributed by atoms with Gasteiger partial charge in [-0.2, -0.15) is 18.3 Å². The third-order valence-electron chi connectivity index (χ3n) is 1.94. The molecule has 1 rings (SSSR count). The van der Waals surface area contributed by atoms with Gasteiger partial charge in [-0.15, -0.1) is 0 Å². The number of nitrogens with zero attached hydrogens (tertiary/aromatic N) is 2. The average molecular weight is 220 g/mol. The lowest BCUT2D eigenvalue weighted by atomic mass is 10.1. The van der Waals surface area contributed by atoms with Gasteiger partial charge in [0.25, 0.3) is 0 Å². The molecule has 0 radical (unpaired) electrons. The first-order valence-corrected chi connectivity index (χ1v) is 4.28. The minimum Gasteiger partial charge on any atom is -0.392 e. The van der Waals surface area contributed by atoms with Crippen LogP contribution in [-0.4, -0.2) is 14.9 Å². The average Bonchev–Trinajstić information content (AvgIpc) is 2.44. The molecule has 3 nitrogen and oxygen atoms in total. The number of alkyl halides is 3. The van der Waals surface area contributed by atoms with Gasteiger partial charge in [-0.3, -0.25) is 4.68 Å². The van der Waals surface area contributed by atoms with Gasteiger partial charge in [-0.1, -0.05) is 6.08 Å². The van der Waals surface area contributed by atoms with Crippen molar-refractivity contribution >= 4 is 6.08 Å². The van der Waals surface area contributed by atoms with E-state index in [1.54, 1.807) is 13.0 Å². The van der Waals surface area contributed by atoms with Crippen LogP contribution in [0.1, 0.15) is 23.9 Å². The van der Waals surface area contributed by atoms with Crippen molar-refractivity contribution in [1.82, 2.24) is 9.78 Å². The maximum atomic E-state index is 12.5. The lowest BCUT2D eigenvalue weighted by Gasteiger charge is -2.03. The molecule has 0 amide bonds. The number of rotatable bonds is 2. The first-order chi connectivity index (χ1) is 6.91. The molecule has 0 unspecified atom stereocenters. The molecule has 0 aliphatic heterocycles. The minimum absolute atomic E-state index is 0.192. The Labute approximate surface area is 84.8 Å². The second-order valence-electron chi connectivity index (χ2n) is 2.99. The lowest BCUT2D eigenvalue weighted by Crippen LogP contribution is -2.09. The van der Waals surface area contributed by atoms with Gasteiger partial charge in [-0.05, 0) is 13.0 Å². The van der Waals surface area contributed by atoms with Gasteiger partial charge >= 0.3 is 6.18 Å². The van der Waals surface area contributed by atoms with Crippen LogP contribution >= 0.6 is 0 Å². The van der Waals surface area contributed by atoms with E-state index < -0.39 is 18.5 Å². The fraction of sp³-hybridized carbons (Fsp3) is 0.444. The molecule has 1 N–H and O–H groups in total. The standard InChI is InChI=1S/C9H11F3N2O/c1-3-4-7-6(5-15)8(9(10,11)12)13-14(7)2/h3-4,15H,5H2,1-2H3. The third-order valence-corrected chi connectivity index (χ3v) is 1.94. The van der Waals surface area contributed by atoms with Crippen LogP contribution in [0.5, 0.6) is 0 Å². The van der Waals surface area contributed by atoms with Gasteiger partial charge in [-0.25, -0.2) is 0 Å². The summed E-state index contributed by atoms with van der Waals surface area (Å²) in [6.07, 6.45) is -1.46. The Morgan fingerprint density at radius 1 is 1.47 bits per heavy atom. The summed E-state index contributed by atoms with van der Waals surface area (Å²) in [6.45, 7) is 1.00. The zero-order chi connectivity index (χ0) is 11.6. The van der Waals surface area contributed by atoms with E-state index in [1.165, 1.54) is 13.1 Å². The van der Waals surface area contributed by atoms with Crippen molar-refractivity contribution in [2.45, 2.75) is 19.7 Å². The molecule has 84 valence electrons. The molecule has 15 heavy (non-hydrogen) atoms. The minimum atomic E-state index is -4.53. The summed E-state index contributed by atoms with van der Waals surface area (Å²) in [5.74, 6) is 0. The number of aromatic nitrogens is 2. The molecule has 0 bridgehead atoms. The SMILES string of the molecule is CC=Cc1c(CO)c(C(F)(F)F)nn1C. The van der Waals surface area contributed by atoms with Crippen molar-refractivity contribution in [3.05, 3.63) is 23.0 Å². The second-order valence-corrected chi connectivity index (χ2v) is 2.99. The number of hydrogen-bond donors (Lipinski definition) is 1. The molecule has 1 aromatic rings. The lowest BCUT2D eigenvalue weighted by molar-refractivity contribution is -0.142. The third kappa shape index (κ3) is 2.20. The molecule has 0 fully saturated rings. The van der Waals surface area contributed by atoms with E-state index in [-0.39, 0.29) is 11.3 Å². The zero-order valence-electron chi connectivity index (χ0n) is 8.34. The van der Waals surface area contributed by atoms with E-state index in [1.807, 2.05) is 0 Å². The highest BCUT2D eigenvalue weighted by molar-refractivity contribution is 5.51. The number of aliphatic hydroxyl groups excluding tert-OH is 1. The Bertz CT molecular complexity index is 379. The predicted octanol–water partition coefficient (Wildman–Crippen LogP) is 1.96. The van der Waals surface area contributed by atoms with Crippen LogP contribution < -0.4 is 0 Å². The van der Waals surface area contributed by atoms with Crippen LogP contribution in [0.4, 0.5) is 13.2 Å². The van der Waals surface area contributed by atoms with Gasteiger partial charge in [0, 0.05) is 12.6 Å². The summed E-state index contributed by atoms with van der Waals surface area (Å²) in [7, 11) is 1.41. The van der Waals surface area contributed by atoms with Crippen LogP contribution in [0.25, 0.3) is 6.08 Å². The Morgan fingerprint density at radius 3 is 2.47 bits per heavy atom. The molecule has 0 saturated heterocycles. The van der Waals surface area contributed by atoms with Crippen LogP contribution in [0.15, 0.2) is 6.08 Å². The molecular weight excluding hydrogens is 209 g/mol. The van der Waals surface area contributed by atoms with Crippen molar-refractivity contribution < 1.29 is 18.3 Å². The molecule has 1 aromatic heterocycles. The number of hydrogen-bond acceptors (Lipinski definition) is 2. The molecule has 0 aromatic carbocycles. The van der Waals surface area contributed by atoms with Gasteiger partial charge in [0.05, 0.1) is 12.3 Å². The Morgan fingerprint density at radius 2 is 2.07 bits per heavy atom. The summed E-state index contributed by atoms with van der Waals surface area (Å²) >= 11 is 0. The van der Waals surface area contributed by atoms with Crippen molar-refractivity contribution in [2.24, 2.45) is 7.05 Å². The smallest absolute Gasteiger partial charge is 0.392 e. The van der Waals surface area contributed by atoms with E-state index >= 15 is 0 Å². The van der Waals surface area contributed by atoms with E-state index in [9.17, 15) is 13.2 Å². The van der Waals surface area contributed by atoms with Crippen LogP contribution in [0.2, 0.25) is 0 Å². The maximum absolute atomic E-state index is 12.5. The molecule has 6 heteroatoms. The summed E-state index contributed by atoms with van der Waals surface area (Å²) in [6, 6.07) is 0. The van der Waals surface area contributed by atoms with Crippen molar-refractivity contribution in [3.8, 4) is 0 Å². The highest BCUT2D eigenvalue weighted by atomic mass is 19.4. The molecule has 0 aliphatic carbocycles. The normalized spacial score (nSPS) is 12.7. The van der Waals surface area contributed by atoms with Gasteiger partial charge in [0.15, 0.2) is 5.69 Å². The summed E-state index contributed by atoms with van der Waals surface area (Å²) < 4.78 is 38.5. The van der Waals surface area contributed by atoms with E-state index in [0.29, 0.717) is 0 Å². The highest BCUT2D eigenvalue weighted by Gasteiger charge is 2.38. The van der Waals surface area contributed by atoms with E-state index in [0.717, 1.165) is 4.68 Å². The molecule has 0 atom stereocenters. The topological polar surface area (TPSA) is 38.1 Å². The number of aliphatic hydroxyl groups is 1. The molecule has 0 aliphatic rings. The first kappa shape index (κ1) is 11.8. The first-order valence-electron chi connectivity index (χ1n) is 4.28. The summed E-state index contributed by atoms with van der Waals surface area (Å²) in [5, 5.41) is 12.3. The number of allylic oxidation sites excluding steroid dienone is 1. The fourth-order valence-corrected chi connectivity index (χ4v) is 1.33. The Balaban J connectivity index is 3.37. The zero-order valence-corrected chi connectivity index (χ0v) is 8.34. The van der Waals surface area contributed by atoms with Crippen LogP contribution in [-0.2, 0) is 19.8 Å². The van der Waals surface area contributed by atoms with Gasteiger partial charge < -0.3 is 5.11 Å². The van der Waals surface area contributed by atoms with Crippen LogP contribution in [0.3, 0.4) is 0 Å². The van der Waals surface area contributed by atoms with Crippen LogP contribution in [0, 0.1) is 0 Å². The van der Waals surface area contributed by atoms with Crippen molar-refractivity contribution in [2.75, 3.05) is 0 Å². The summed E-state index contributed by atoms with van der Waals surface area (Å²) in [5.41, 5.74) is -0.948. The van der Waals surface area contributed by atoms with Crippen molar-refractivity contribution in [1.29, 1.82) is 0 Å². The predicted molar refractivity (Wildman–Crippen MR) is 48.8 cm³/mol. The highest BCUT2D eigenvalue weighted by Crippen LogP contribution is 2.32. The van der Waals surface area contributed by atoms with Gasteiger partial charge in [0.2, 0.25) is 0 Å². The second kappa shape index (κ2) is 4.06. The monoisotopic (exact) mass is 220 g/mol. The maximum Gasteiger partial charge on any atom is 0.435 e. The molecule has 0 spiro atoms. The van der Waals surface area contributed by atoms with E-state index in [2.05, 4.69) is 5.10 Å². The molecule has 1 heterocycles. The number of halogens is 3. The Hall–Kier alpha value is -1.30. The van der Waals surface area contributed by atoms with Gasteiger partial charge in [0.1, 0.15) is 0 Å². The molecular formula is C9H11F3N2O. The fourth-order valence-electron chi connectivity index (χ4n) is 1.33. The summed E-state index contributed by atoms with van der Waals surface area (Å²) in [4.78, 5) is 0. The largest absolute Gasteiger partial charge is 0.435 e. The quantitative estimate of drug-likeness (QED) is 0.827. The molecule has 0 saturated carbocycles.